The van der Waals surface area contributed by atoms with Gasteiger partial charge >= 0.3 is 0 Å². The van der Waals surface area contributed by atoms with E-state index in [0.29, 0.717) is 5.75 Å². The molecule has 5 heteroatoms. The first-order valence-electron chi connectivity index (χ1n) is 7.21. The van der Waals surface area contributed by atoms with Crippen molar-refractivity contribution in [3.63, 3.8) is 0 Å². The normalized spacial score (nSPS) is 18.8. The first-order chi connectivity index (χ1) is 10.1. The van der Waals surface area contributed by atoms with Crippen LogP contribution in [0.1, 0.15) is 23.0 Å². The summed E-state index contributed by atoms with van der Waals surface area (Å²) in [4.78, 5) is 11.3. The lowest BCUT2D eigenvalue weighted by molar-refractivity contribution is 0.462. The molecule has 2 aromatic rings. The molecule has 3 rings (SSSR count). The molecule has 1 atom stereocenters. The van der Waals surface area contributed by atoms with E-state index in [1.165, 1.54) is 5.56 Å². The predicted molar refractivity (Wildman–Crippen MR) is 82.6 cm³/mol. The minimum absolute atomic E-state index is 0.237. The van der Waals surface area contributed by atoms with Gasteiger partial charge in [0.15, 0.2) is 0 Å². The van der Waals surface area contributed by atoms with Gasteiger partial charge in [0.05, 0.1) is 11.4 Å². The van der Waals surface area contributed by atoms with Crippen molar-refractivity contribution in [2.75, 3.05) is 24.5 Å². The Kier molecular flexibility index (Phi) is 3.75. The second-order valence-electron chi connectivity index (χ2n) is 5.46. The highest BCUT2D eigenvalue weighted by Gasteiger charge is 2.23. The number of hydrogen-bond acceptors (Lipinski definition) is 5. The molecule has 0 aliphatic carbocycles. The van der Waals surface area contributed by atoms with Gasteiger partial charge in [-0.1, -0.05) is 12.1 Å². The lowest BCUT2D eigenvalue weighted by Crippen LogP contribution is -2.46. The van der Waals surface area contributed by atoms with Gasteiger partial charge in [-0.15, -0.1) is 0 Å². The number of benzene rings is 1. The number of anilines is 1. The van der Waals surface area contributed by atoms with Gasteiger partial charge in [0.1, 0.15) is 11.6 Å². The summed E-state index contributed by atoms with van der Waals surface area (Å²) >= 11 is 0. The van der Waals surface area contributed by atoms with Crippen molar-refractivity contribution in [3.8, 4) is 5.75 Å². The third-order valence-electron chi connectivity index (χ3n) is 3.82. The summed E-state index contributed by atoms with van der Waals surface area (Å²) in [5, 5.41) is 12.9. The van der Waals surface area contributed by atoms with Gasteiger partial charge in [-0.2, -0.15) is 0 Å². The highest BCUT2D eigenvalue weighted by Crippen LogP contribution is 2.24. The van der Waals surface area contributed by atoms with E-state index in [2.05, 4.69) is 20.2 Å². The second kappa shape index (κ2) is 5.69. The Morgan fingerprint density at radius 3 is 2.76 bits per heavy atom. The number of nitrogens with one attached hydrogen (secondary N) is 1. The highest BCUT2D eigenvalue weighted by atomic mass is 16.3. The molecule has 0 radical (unpaired) electrons. The van der Waals surface area contributed by atoms with Crippen LogP contribution in [-0.4, -0.2) is 34.7 Å². The van der Waals surface area contributed by atoms with Crippen LogP contribution >= 0.6 is 0 Å². The van der Waals surface area contributed by atoms with Crippen molar-refractivity contribution in [3.05, 3.63) is 47.4 Å². The molecule has 1 aliphatic heterocycles. The summed E-state index contributed by atoms with van der Waals surface area (Å²) in [6, 6.07) is 7.62. The summed E-state index contributed by atoms with van der Waals surface area (Å²) in [7, 11) is 0. The monoisotopic (exact) mass is 284 g/mol. The number of nitrogens with zero attached hydrogens (tertiary/aromatic N) is 3. The summed E-state index contributed by atoms with van der Waals surface area (Å²) in [6.07, 6.45) is 1.80. The zero-order valence-corrected chi connectivity index (χ0v) is 12.4. The van der Waals surface area contributed by atoms with Gasteiger partial charge in [-0.25, -0.2) is 4.98 Å². The molecule has 0 spiro atoms. The van der Waals surface area contributed by atoms with Crippen LogP contribution in [0, 0.1) is 13.8 Å². The average Bonchev–Trinajstić information content (AvgIpc) is 2.50. The predicted octanol–water partition coefficient (Wildman–Crippen LogP) is 1.95. The summed E-state index contributed by atoms with van der Waals surface area (Å²) in [6.45, 7) is 6.65. The molecule has 0 saturated carbocycles. The van der Waals surface area contributed by atoms with Gasteiger partial charge < -0.3 is 15.3 Å². The molecule has 0 bridgehead atoms. The van der Waals surface area contributed by atoms with Crippen molar-refractivity contribution in [2.24, 2.45) is 0 Å². The molecule has 5 nitrogen and oxygen atoms in total. The number of piperazine rings is 1. The van der Waals surface area contributed by atoms with Crippen LogP contribution in [0.4, 0.5) is 5.82 Å². The fourth-order valence-corrected chi connectivity index (χ4v) is 2.70. The minimum Gasteiger partial charge on any atom is -0.508 e. The highest BCUT2D eigenvalue weighted by molar-refractivity contribution is 5.45. The third kappa shape index (κ3) is 2.97. The summed E-state index contributed by atoms with van der Waals surface area (Å²) < 4.78 is 0. The van der Waals surface area contributed by atoms with Gasteiger partial charge in [-0.05, 0) is 31.5 Å². The van der Waals surface area contributed by atoms with Crippen LogP contribution in [0.25, 0.3) is 0 Å². The van der Waals surface area contributed by atoms with E-state index < -0.39 is 0 Å². The van der Waals surface area contributed by atoms with Crippen LogP contribution < -0.4 is 10.2 Å². The lowest BCUT2D eigenvalue weighted by Gasteiger charge is -2.35. The molecular weight excluding hydrogens is 264 g/mol. The van der Waals surface area contributed by atoms with Crippen molar-refractivity contribution in [1.29, 1.82) is 0 Å². The maximum atomic E-state index is 9.40. The fourth-order valence-electron chi connectivity index (χ4n) is 2.70. The first-order valence-corrected chi connectivity index (χ1v) is 7.21. The van der Waals surface area contributed by atoms with Crippen molar-refractivity contribution < 1.29 is 5.11 Å². The number of aromatic nitrogens is 2. The molecular formula is C16H20N4O. The van der Waals surface area contributed by atoms with Crippen molar-refractivity contribution >= 4 is 5.82 Å². The number of phenols is 1. The van der Waals surface area contributed by atoms with E-state index >= 15 is 0 Å². The molecule has 1 fully saturated rings. The van der Waals surface area contributed by atoms with Gasteiger partial charge in [0.2, 0.25) is 0 Å². The molecule has 110 valence electrons. The van der Waals surface area contributed by atoms with E-state index in [9.17, 15) is 5.11 Å². The van der Waals surface area contributed by atoms with E-state index in [1.807, 2.05) is 26.0 Å². The topological polar surface area (TPSA) is 61.3 Å². The van der Waals surface area contributed by atoms with Gasteiger partial charge in [-0.3, -0.25) is 4.98 Å². The van der Waals surface area contributed by atoms with Crippen LogP contribution in [0.3, 0.4) is 0 Å². The number of rotatable bonds is 2. The molecule has 1 aromatic carbocycles. The smallest absolute Gasteiger partial charge is 0.150 e. The molecule has 2 heterocycles. The second-order valence-corrected chi connectivity index (χ2v) is 5.46. The van der Waals surface area contributed by atoms with Gasteiger partial charge in [0, 0.05) is 31.9 Å². The lowest BCUT2D eigenvalue weighted by atomic mass is 10.0. The molecule has 2 N–H and O–H groups in total. The standard InChI is InChI=1S/C16H20N4O/c1-11-9-18-12(2)16(19-11)20-8-7-17-15(10-20)13-3-5-14(21)6-4-13/h3-6,9,15,17,21H,7-8,10H2,1-2H3. The van der Waals surface area contributed by atoms with E-state index in [4.69, 9.17) is 0 Å². The largest absolute Gasteiger partial charge is 0.508 e. The SMILES string of the molecule is Cc1cnc(C)c(N2CCNC(c3ccc(O)cc3)C2)n1. The number of aromatic hydroxyl groups is 1. The average molecular weight is 284 g/mol. The Hall–Kier alpha value is -2.14. The van der Waals surface area contributed by atoms with Gasteiger partial charge in [0.25, 0.3) is 0 Å². The van der Waals surface area contributed by atoms with Crippen molar-refractivity contribution in [2.45, 2.75) is 19.9 Å². The quantitative estimate of drug-likeness (QED) is 0.882. The number of phenolic OH excluding ortho intramolecular Hbond substituents is 1. The van der Waals surface area contributed by atoms with E-state index in [-0.39, 0.29) is 6.04 Å². The fraction of sp³-hybridized carbons (Fsp3) is 0.375. The summed E-state index contributed by atoms with van der Waals surface area (Å²) in [5.74, 6) is 1.27. The zero-order chi connectivity index (χ0) is 14.8. The van der Waals surface area contributed by atoms with Crippen LogP contribution in [0.5, 0.6) is 5.75 Å². The minimum atomic E-state index is 0.237. The molecule has 1 aliphatic rings. The number of hydrogen-bond donors (Lipinski definition) is 2. The first kappa shape index (κ1) is 13.8. The maximum Gasteiger partial charge on any atom is 0.150 e. The summed E-state index contributed by atoms with van der Waals surface area (Å²) in [5.41, 5.74) is 3.08. The van der Waals surface area contributed by atoms with E-state index in [0.717, 1.165) is 36.8 Å². The Morgan fingerprint density at radius 1 is 1.24 bits per heavy atom. The Balaban J connectivity index is 1.82. The van der Waals surface area contributed by atoms with E-state index in [1.54, 1.807) is 18.3 Å². The van der Waals surface area contributed by atoms with Crippen LogP contribution in [0.15, 0.2) is 30.5 Å². The Labute approximate surface area is 124 Å². The molecule has 1 unspecified atom stereocenters. The van der Waals surface area contributed by atoms with Crippen LogP contribution in [-0.2, 0) is 0 Å². The zero-order valence-electron chi connectivity index (χ0n) is 12.4. The Morgan fingerprint density at radius 2 is 2.00 bits per heavy atom. The maximum absolute atomic E-state index is 9.40. The number of aryl methyl sites for hydroxylation is 2. The molecule has 21 heavy (non-hydrogen) atoms. The molecule has 1 saturated heterocycles. The Bertz CT molecular complexity index is 627. The van der Waals surface area contributed by atoms with Crippen molar-refractivity contribution in [1.82, 2.24) is 15.3 Å². The molecule has 0 amide bonds. The third-order valence-corrected chi connectivity index (χ3v) is 3.82. The molecule has 1 aromatic heterocycles. The van der Waals surface area contributed by atoms with Crippen LogP contribution in [0.2, 0.25) is 0 Å².